The molecule has 17 heteroatoms. The van der Waals surface area contributed by atoms with Gasteiger partial charge in [0, 0.05) is 81.7 Å². The van der Waals surface area contributed by atoms with E-state index in [0.29, 0.717) is 59.0 Å². The third-order valence-corrected chi connectivity index (χ3v) is 12.4. The van der Waals surface area contributed by atoms with Crippen molar-refractivity contribution in [2.45, 2.75) is 50.6 Å². The molecule has 0 saturated carbocycles. The smallest absolute Gasteiger partial charge is 0.262 e. The van der Waals surface area contributed by atoms with E-state index in [1.165, 1.54) is 6.33 Å². The van der Waals surface area contributed by atoms with Crippen molar-refractivity contribution < 1.29 is 33.5 Å². The van der Waals surface area contributed by atoms with Gasteiger partial charge in [-0.15, -0.1) is 0 Å². The molecule has 5 amide bonds. The van der Waals surface area contributed by atoms with Gasteiger partial charge in [0.1, 0.15) is 35.3 Å². The number of hydrogen-bond donors (Lipinski definition) is 3. The van der Waals surface area contributed by atoms with E-state index in [1.807, 2.05) is 41.3 Å². The zero-order valence-electron chi connectivity index (χ0n) is 33.8. The largest absolute Gasteiger partial charge is 0.457 e. The topological polar surface area (TPSA) is 190 Å². The number of benzene rings is 3. The van der Waals surface area contributed by atoms with Gasteiger partial charge in [-0.1, -0.05) is 29.8 Å². The molecule has 16 nitrogen and oxygen atoms in total. The van der Waals surface area contributed by atoms with Gasteiger partial charge in [-0.25, -0.2) is 9.97 Å². The average molecular weight is 858 g/mol. The number of ether oxygens (including phenoxy) is 1. The van der Waals surface area contributed by atoms with Crippen LogP contribution >= 0.6 is 11.6 Å². The van der Waals surface area contributed by atoms with Gasteiger partial charge < -0.3 is 24.8 Å². The number of carbonyl (C=O) groups is 6. The van der Waals surface area contributed by atoms with Crippen LogP contribution in [0.15, 0.2) is 79.3 Å². The monoisotopic (exact) mass is 857 g/mol. The van der Waals surface area contributed by atoms with Crippen molar-refractivity contribution >= 4 is 69.5 Å². The Labute approximate surface area is 361 Å². The number of piperidine rings is 2. The highest BCUT2D eigenvalue weighted by molar-refractivity contribution is 6.36. The molecule has 318 valence electrons. The summed E-state index contributed by atoms with van der Waals surface area (Å²) in [5, 5.41) is 6.59. The number of nitrogens with one attached hydrogen (secondary N) is 3. The van der Waals surface area contributed by atoms with Crippen LogP contribution in [0.2, 0.25) is 5.02 Å². The number of piperazine rings is 1. The number of aromatic nitrogens is 3. The summed E-state index contributed by atoms with van der Waals surface area (Å²) in [6.07, 6.45) is 5.89. The lowest BCUT2D eigenvalue weighted by Gasteiger charge is -2.36. The Bertz CT molecular complexity index is 2590. The Morgan fingerprint density at radius 2 is 1.60 bits per heavy atom. The first-order valence-corrected chi connectivity index (χ1v) is 21.3. The number of rotatable bonds is 12. The molecule has 3 N–H and O–H groups in total. The van der Waals surface area contributed by atoms with E-state index in [-0.39, 0.29) is 46.7 Å². The number of ketones is 1. The normalized spacial score (nSPS) is 18.6. The average Bonchev–Trinajstić information content (AvgIpc) is 3.83. The minimum absolute atomic E-state index is 0.0397. The zero-order chi connectivity index (χ0) is 42.9. The fourth-order valence-electron chi connectivity index (χ4n) is 8.73. The number of aromatic amines is 1. The predicted octanol–water partition coefficient (Wildman–Crippen LogP) is 5.04. The quantitative estimate of drug-likeness (QED) is 0.112. The van der Waals surface area contributed by atoms with Crippen LogP contribution < -0.4 is 20.3 Å². The van der Waals surface area contributed by atoms with Crippen molar-refractivity contribution in [2.75, 3.05) is 56.0 Å². The second kappa shape index (κ2) is 17.4. The number of halogens is 1. The Kier molecular flexibility index (Phi) is 11.4. The van der Waals surface area contributed by atoms with Crippen LogP contribution in [-0.2, 0) is 14.4 Å². The molecular formula is C45H44ClN9O7. The number of amides is 5. The van der Waals surface area contributed by atoms with Crippen molar-refractivity contribution in [3.63, 3.8) is 0 Å². The summed E-state index contributed by atoms with van der Waals surface area (Å²) in [5.41, 5.74) is 2.61. The molecule has 9 rings (SSSR count). The molecule has 0 spiro atoms. The maximum atomic E-state index is 13.8. The third-order valence-electron chi connectivity index (χ3n) is 12.1. The van der Waals surface area contributed by atoms with Crippen LogP contribution in [-0.4, -0.2) is 123 Å². The van der Waals surface area contributed by atoms with Gasteiger partial charge in [-0.05, 0) is 74.7 Å². The predicted molar refractivity (Wildman–Crippen MR) is 230 cm³/mol. The van der Waals surface area contributed by atoms with Gasteiger partial charge in [0.25, 0.3) is 11.8 Å². The van der Waals surface area contributed by atoms with E-state index in [2.05, 4.69) is 35.4 Å². The summed E-state index contributed by atoms with van der Waals surface area (Å²) in [7, 11) is 0. The van der Waals surface area contributed by atoms with E-state index in [9.17, 15) is 28.8 Å². The van der Waals surface area contributed by atoms with Gasteiger partial charge in [0.2, 0.25) is 17.7 Å². The number of para-hydroxylation sites is 1. The summed E-state index contributed by atoms with van der Waals surface area (Å²) in [6.45, 7) is 5.00. The maximum absolute atomic E-state index is 13.8. The molecule has 3 fully saturated rings. The SMILES string of the molecule is O=C1CCC(N2C(=O)c3ccc(N4CCN(CCCC(=O)N5CCC(Nc6ncnc7[nH]cc(C(=O)c8ccc(Oc9ccccc9)cc8Cl)c67)CC5)CC4)cc3C2=O)C(=O)N1. The number of carbonyl (C=O) groups excluding carboxylic acids is 6. The molecule has 4 aliphatic rings. The zero-order valence-corrected chi connectivity index (χ0v) is 34.5. The van der Waals surface area contributed by atoms with Crippen molar-refractivity contribution in [1.82, 2.24) is 35.0 Å². The molecule has 5 aromatic rings. The fourth-order valence-corrected chi connectivity index (χ4v) is 8.98. The Hall–Kier alpha value is -6.65. The van der Waals surface area contributed by atoms with Crippen molar-refractivity contribution in [3.8, 4) is 11.5 Å². The lowest BCUT2D eigenvalue weighted by molar-refractivity contribution is -0.136. The van der Waals surface area contributed by atoms with E-state index in [0.717, 1.165) is 62.6 Å². The Balaban J connectivity index is 0.733. The summed E-state index contributed by atoms with van der Waals surface area (Å²) < 4.78 is 5.89. The van der Waals surface area contributed by atoms with E-state index in [4.69, 9.17) is 16.3 Å². The maximum Gasteiger partial charge on any atom is 0.262 e. The summed E-state index contributed by atoms with van der Waals surface area (Å²) in [5.74, 6) is -0.499. The summed E-state index contributed by atoms with van der Waals surface area (Å²) in [4.78, 5) is 97.0. The second-order valence-electron chi connectivity index (χ2n) is 15.9. The van der Waals surface area contributed by atoms with Gasteiger partial charge >= 0.3 is 0 Å². The van der Waals surface area contributed by atoms with Gasteiger partial charge in [0.05, 0.1) is 27.1 Å². The number of fused-ring (bicyclic) bond motifs is 2. The molecule has 3 aromatic carbocycles. The first-order valence-electron chi connectivity index (χ1n) is 20.9. The number of imide groups is 2. The van der Waals surface area contributed by atoms with Gasteiger partial charge in [-0.3, -0.25) is 43.9 Å². The number of likely N-dealkylation sites (tertiary alicyclic amines) is 1. The van der Waals surface area contributed by atoms with Gasteiger partial charge in [0.15, 0.2) is 5.78 Å². The number of hydrogen-bond acceptors (Lipinski definition) is 12. The fraction of sp³-hybridized carbons (Fsp3) is 0.333. The molecule has 3 saturated heterocycles. The van der Waals surface area contributed by atoms with Crippen molar-refractivity contribution in [3.05, 3.63) is 107 Å². The van der Waals surface area contributed by atoms with Crippen molar-refractivity contribution in [2.24, 2.45) is 0 Å². The highest BCUT2D eigenvalue weighted by Crippen LogP contribution is 2.33. The first-order chi connectivity index (χ1) is 30.1. The van der Waals surface area contributed by atoms with Crippen LogP contribution in [0.3, 0.4) is 0 Å². The molecule has 4 aliphatic heterocycles. The lowest BCUT2D eigenvalue weighted by atomic mass is 10.0. The molecule has 2 aromatic heterocycles. The third kappa shape index (κ3) is 8.22. The minimum atomic E-state index is -0.998. The van der Waals surface area contributed by atoms with Crippen molar-refractivity contribution in [1.29, 1.82) is 0 Å². The van der Waals surface area contributed by atoms with E-state index >= 15 is 0 Å². The number of H-pyrrole nitrogens is 1. The second-order valence-corrected chi connectivity index (χ2v) is 16.4. The molecule has 0 aliphatic carbocycles. The molecule has 1 atom stereocenters. The lowest BCUT2D eigenvalue weighted by Crippen LogP contribution is -2.54. The Morgan fingerprint density at radius 1 is 0.823 bits per heavy atom. The number of anilines is 2. The van der Waals surface area contributed by atoms with E-state index < -0.39 is 29.7 Å². The summed E-state index contributed by atoms with van der Waals surface area (Å²) in [6, 6.07) is 18.6. The number of nitrogens with zero attached hydrogens (tertiary/aromatic N) is 6. The van der Waals surface area contributed by atoms with Crippen LogP contribution in [0.5, 0.6) is 11.5 Å². The van der Waals surface area contributed by atoms with Crippen LogP contribution in [0.25, 0.3) is 11.0 Å². The minimum Gasteiger partial charge on any atom is -0.457 e. The van der Waals surface area contributed by atoms with Gasteiger partial charge in [-0.2, -0.15) is 0 Å². The van der Waals surface area contributed by atoms with Crippen LogP contribution in [0.4, 0.5) is 11.5 Å². The van der Waals surface area contributed by atoms with E-state index in [1.54, 1.807) is 36.5 Å². The standard InChI is InChI=1S/C45H44ClN9O7/c46-35-24-30(62-29-5-2-1-3-6-29)9-11-32(35)40(58)34-25-47-41-39(34)42(49-26-48-41)50-27-14-17-54(18-15-27)38(57)7-4-16-52-19-21-53(22-20-52)28-8-10-31-33(23-28)45(61)55(44(31)60)36-12-13-37(56)51-43(36)59/h1-3,5-6,8-11,23-27,36H,4,7,12-22H2,(H,51,56,59)(H2,47,48,49,50). The first kappa shape index (κ1) is 40.7. The van der Waals surface area contributed by atoms with Crippen LogP contribution in [0, 0.1) is 0 Å². The van der Waals surface area contributed by atoms with Crippen LogP contribution in [0.1, 0.15) is 75.2 Å². The molecule has 6 heterocycles. The Morgan fingerprint density at radius 3 is 2.35 bits per heavy atom. The molecule has 0 radical (unpaired) electrons. The summed E-state index contributed by atoms with van der Waals surface area (Å²) >= 11 is 6.61. The molecule has 62 heavy (non-hydrogen) atoms. The highest BCUT2D eigenvalue weighted by atomic mass is 35.5. The molecular weight excluding hydrogens is 814 g/mol. The highest BCUT2D eigenvalue weighted by Gasteiger charge is 2.45. The molecule has 1 unspecified atom stereocenters. The molecule has 0 bridgehead atoms.